The second-order valence-corrected chi connectivity index (χ2v) is 7.01. The Morgan fingerprint density at radius 2 is 2.03 bits per heavy atom. The first-order valence-corrected chi connectivity index (χ1v) is 9.27. The first-order chi connectivity index (χ1) is 14.0. The Balaban J connectivity index is 1.47. The van der Waals surface area contributed by atoms with Gasteiger partial charge in [-0.15, -0.1) is 0 Å². The van der Waals surface area contributed by atoms with Crippen LogP contribution in [0, 0.1) is 5.92 Å². The third-order valence-electron chi connectivity index (χ3n) is 4.61. The van der Waals surface area contributed by atoms with Gasteiger partial charge in [0.25, 0.3) is 0 Å². The normalized spacial score (nSPS) is 12.4. The molecule has 9 nitrogen and oxygen atoms in total. The van der Waals surface area contributed by atoms with Crippen LogP contribution < -0.4 is 11.1 Å². The van der Waals surface area contributed by atoms with Gasteiger partial charge in [-0.3, -0.25) is 9.36 Å². The zero-order valence-corrected chi connectivity index (χ0v) is 16.1. The van der Waals surface area contributed by atoms with E-state index >= 15 is 0 Å². The quantitative estimate of drug-likeness (QED) is 0.515. The van der Waals surface area contributed by atoms with E-state index in [9.17, 15) is 4.79 Å². The van der Waals surface area contributed by atoms with Crippen molar-refractivity contribution in [2.75, 3.05) is 0 Å². The van der Waals surface area contributed by atoms with Gasteiger partial charge in [0, 0.05) is 11.8 Å². The number of benzene rings is 1. The monoisotopic (exact) mass is 391 g/mol. The van der Waals surface area contributed by atoms with Crippen molar-refractivity contribution >= 4 is 16.9 Å². The number of nitrogens with one attached hydrogen (secondary N) is 1. The van der Waals surface area contributed by atoms with Gasteiger partial charge in [0.1, 0.15) is 12.1 Å². The maximum absolute atomic E-state index is 11.9. The lowest BCUT2D eigenvalue weighted by Crippen LogP contribution is -2.43. The van der Waals surface area contributed by atoms with Crippen molar-refractivity contribution in [3.8, 4) is 17.2 Å². The van der Waals surface area contributed by atoms with E-state index in [4.69, 9.17) is 10.3 Å². The minimum atomic E-state index is -0.576. The Kier molecular flexibility index (Phi) is 5.05. The Morgan fingerprint density at radius 3 is 2.79 bits per heavy atom. The molecule has 0 saturated carbocycles. The number of nitrogens with two attached hydrogens (primary N) is 1. The summed E-state index contributed by atoms with van der Waals surface area (Å²) in [6.07, 6.45) is 3.41. The standard InChI is InChI=1S/C20H21N7O2/c1-12(2)18(21)20(28)23-10-17-25-19(26-29-17)13-7-8-16(22-9-13)27-11-24-14-5-3-4-6-15(14)27/h3-9,11-12,18H,10,21H2,1-2H3,(H,23,28)/t18-/m0/s1. The number of pyridine rings is 1. The molecular weight excluding hydrogens is 370 g/mol. The van der Waals surface area contributed by atoms with Crippen LogP contribution in [0.5, 0.6) is 0 Å². The lowest BCUT2D eigenvalue weighted by molar-refractivity contribution is -0.123. The molecule has 0 aliphatic carbocycles. The fourth-order valence-electron chi connectivity index (χ4n) is 2.83. The van der Waals surface area contributed by atoms with E-state index in [0.717, 1.165) is 16.9 Å². The van der Waals surface area contributed by atoms with E-state index in [0.29, 0.717) is 17.3 Å². The summed E-state index contributed by atoms with van der Waals surface area (Å²) < 4.78 is 7.12. The van der Waals surface area contributed by atoms with Crippen LogP contribution in [0.1, 0.15) is 19.7 Å². The Morgan fingerprint density at radius 1 is 1.21 bits per heavy atom. The summed E-state index contributed by atoms with van der Waals surface area (Å²) in [7, 11) is 0. The highest BCUT2D eigenvalue weighted by Crippen LogP contribution is 2.19. The van der Waals surface area contributed by atoms with E-state index in [-0.39, 0.29) is 18.4 Å². The molecule has 29 heavy (non-hydrogen) atoms. The van der Waals surface area contributed by atoms with E-state index in [1.807, 2.05) is 54.8 Å². The number of aromatic nitrogens is 5. The fourth-order valence-corrected chi connectivity index (χ4v) is 2.83. The molecule has 3 heterocycles. The third kappa shape index (κ3) is 3.85. The first-order valence-electron chi connectivity index (χ1n) is 9.27. The van der Waals surface area contributed by atoms with E-state index in [2.05, 4.69) is 25.4 Å². The molecule has 0 spiro atoms. The number of imidazole rings is 1. The van der Waals surface area contributed by atoms with Crippen molar-refractivity contribution in [2.45, 2.75) is 26.4 Å². The topological polar surface area (TPSA) is 125 Å². The van der Waals surface area contributed by atoms with Crippen molar-refractivity contribution in [1.82, 2.24) is 30.0 Å². The third-order valence-corrected chi connectivity index (χ3v) is 4.61. The van der Waals surface area contributed by atoms with Crippen LogP contribution in [0.3, 0.4) is 0 Å². The van der Waals surface area contributed by atoms with Crippen LogP contribution in [0.4, 0.5) is 0 Å². The molecule has 0 bridgehead atoms. The highest BCUT2D eigenvalue weighted by molar-refractivity contribution is 5.81. The van der Waals surface area contributed by atoms with Crippen molar-refractivity contribution in [1.29, 1.82) is 0 Å². The molecule has 0 saturated heterocycles. The maximum atomic E-state index is 11.9. The van der Waals surface area contributed by atoms with Crippen molar-refractivity contribution in [3.05, 3.63) is 54.8 Å². The SMILES string of the molecule is CC(C)[C@H](N)C(=O)NCc1nc(-c2ccc(-n3cnc4ccccc43)nc2)no1. The molecule has 0 fully saturated rings. The van der Waals surface area contributed by atoms with E-state index < -0.39 is 6.04 Å². The lowest BCUT2D eigenvalue weighted by atomic mass is 10.1. The van der Waals surface area contributed by atoms with Gasteiger partial charge in [-0.05, 0) is 30.2 Å². The largest absolute Gasteiger partial charge is 0.346 e. The molecule has 0 radical (unpaired) electrons. The fraction of sp³-hybridized carbons (Fsp3) is 0.250. The molecule has 0 aliphatic heterocycles. The molecule has 0 aliphatic rings. The zero-order chi connectivity index (χ0) is 20.4. The first kappa shape index (κ1) is 18.8. The Hall–Kier alpha value is -3.59. The summed E-state index contributed by atoms with van der Waals surface area (Å²) in [5, 5.41) is 6.66. The van der Waals surface area contributed by atoms with Gasteiger partial charge in [0.15, 0.2) is 0 Å². The number of rotatable bonds is 6. The van der Waals surface area contributed by atoms with Gasteiger partial charge in [-0.1, -0.05) is 31.1 Å². The molecule has 148 valence electrons. The number of carbonyl (C=O) groups excluding carboxylic acids is 1. The van der Waals surface area contributed by atoms with Crippen LogP contribution in [-0.4, -0.2) is 36.6 Å². The van der Waals surface area contributed by atoms with Crippen LogP contribution in [0.25, 0.3) is 28.2 Å². The number of para-hydroxylation sites is 2. The maximum Gasteiger partial charge on any atom is 0.246 e. The molecule has 4 rings (SSSR count). The predicted octanol–water partition coefficient (Wildman–Crippen LogP) is 2.07. The van der Waals surface area contributed by atoms with Gasteiger partial charge < -0.3 is 15.6 Å². The molecule has 1 atom stereocenters. The molecule has 9 heteroatoms. The summed E-state index contributed by atoms with van der Waals surface area (Å²) in [5.74, 6) is 1.23. The van der Waals surface area contributed by atoms with Gasteiger partial charge in [0.05, 0.1) is 23.6 Å². The number of hydrogen-bond donors (Lipinski definition) is 2. The van der Waals surface area contributed by atoms with Gasteiger partial charge in [-0.2, -0.15) is 4.98 Å². The second kappa shape index (κ2) is 7.80. The molecule has 1 amide bonds. The molecule has 3 N–H and O–H groups in total. The van der Waals surface area contributed by atoms with E-state index in [1.165, 1.54) is 0 Å². The van der Waals surface area contributed by atoms with Gasteiger partial charge in [-0.25, -0.2) is 9.97 Å². The smallest absolute Gasteiger partial charge is 0.246 e. The molecule has 4 aromatic rings. The summed E-state index contributed by atoms with van der Waals surface area (Å²) in [5.41, 5.74) is 8.40. The lowest BCUT2D eigenvalue weighted by Gasteiger charge is -2.14. The number of nitrogens with zero attached hydrogens (tertiary/aromatic N) is 5. The second-order valence-electron chi connectivity index (χ2n) is 7.01. The summed E-state index contributed by atoms with van der Waals surface area (Å²) >= 11 is 0. The number of fused-ring (bicyclic) bond motifs is 1. The molecular formula is C20H21N7O2. The summed E-state index contributed by atoms with van der Waals surface area (Å²) in [6, 6.07) is 11.0. The van der Waals surface area contributed by atoms with Crippen molar-refractivity contribution < 1.29 is 9.32 Å². The van der Waals surface area contributed by atoms with Crippen molar-refractivity contribution in [2.24, 2.45) is 11.7 Å². The zero-order valence-electron chi connectivity index (χ0n) is 16.1. The number of hydrogen-bond acceptors (Lipinski definition) is 7. The minimum Gasteiger partial charge on any atom is -0.346 e. The molecule has 1 aromatic carbocycles. The predicted molar refractivity (Wildman–Crippen MR) is 107 cm³/mol. The van der Waals surface area contributed by atoms with Gasteiger partial charge in [0.2, 0.25) is 17.6 Å². The van der Waals surface area contributed by atoms with Crippen LogP contribution >= 0.6 is 0 Å². The van der Waals surface area contributed by atoms with Crippen LogP contribution in [0.2, 0.25) is 0 Å². The average molecular weight is 391 g/mol. The highest BCUT2D eigenvalue weighted by Gasteiger charge is 2.18. The molecule has 0 unspecified atom stereocenters. The number of carbonyl (C=O) groups is 1. The number of amides is 1. The highest BCUT2D eigenvalue weighted by atomic mass is 16.5. The van der Waals surface area contributed by atoms with E-state index in [1.54, 1.807) is 12.5 Å². The summed E-state index contributed by atoms with van der Waals surface area (Å²) in [6.45, 7) is 3.90. The molecule has 3 aromatic heterocycles. The van der Waals surface area contributed by atoms with Crippen molar-refractivity contribution in [3.63, 3.8) is 0 Å². The minimum absolute atomic E-state index is 0.0467. The van der Waals surface area contributed by atoms with Gasteiger partial charge >= 0.3 is 0 Å². The Labute approximate surface area is 167 Å². The van der Waals surface area contributed by atoms with Crippen LogP contribution in [-0.2, 0) is 11.3 Å². The Bertz CT molecular complexity index is 1130. The van der Waals surface area contributed by atoms with Crippen LogP contribution in [0.15, 0.2) is 53.4 Å². The summed E-state index contributed by atoms with van der Waals surface area (Å²) in [4.78, 5) is 25.1. The average Bonchev–Trinajstić information content (AvgIpc) is 3.38.